The molecule has 0 spiro atoms. The van der Waals surface area contributed by atoms with Gasteiger partial charge in [-0.2, -0.15) is 5.26 Å². The molecule has 3 rings (SSSR count). The predicted molar refractivity (Wildman–Crippen MR) is 96.0 cm³/mol. The molecule has 1 saturated carbocycles. The van der Waals surface area contributed by atoms with Crippen molar-refractivity contribution in [1.82, 2.24) is 0 Å². The standard InChI is InChI=1S/C22H21F2N/c1-2-3-15-4-6-16(7-5-15)17-8-10-18(11-9-17)19-12-21(23)20(14-25)22(24)13-19/h2,8-13,15-16H,1,3-7H2/t15-,16-. The van der Waals surface area contributed by atoms with Crippen LogP contribution in [0.25, 0.3) is 11.1 Å². The van der Waals surface area contributed by atoms with Crippen molar-refractivity contribution < 1.29 is 8.78 Å². The van der Waals surface area contributed by atoms with Gasteiger partial charge in [-0.3, -0.25) is 0 Å². The number of hydrogen-bond donors (Lipinski definition) is 0. The molecule has 0 bridgehead atoms. The number of nitrogens with zero attached hydrogens (tertiary/aromatic N) is 1. The van der Waals surface area contributed by atoms with E-state index in [2.05, 4.69) is 18.7 Å². The van der Waals surface area contributed by atoms with Gasteiger partial charge in [0, 0.05) is 0 Å². The summed E-state index contributed by atoms with van der Waals surface area (Å²) in [7, 11) is 0. The quantitative estimate of drug-likeness (QED) is 0.596. The Bertz CT molecular complexity index is 771. The number of allylic oxidation sites excluding steroid dienone is 1. The van der Waals surface area contributed by atoms with E-state index < -0.39 is 17.2 Å². The zero-order chi connectivity index (χ0) is 17.8. The van der Waals surface area contributed by atoms with Crippen molar-refractivity contribution in [3.8, 4) is 17.2 Å². The summed E-state index contributed by atoms with van der Waals surface area (Å²) in [4.78, 5) is 0. The second kappa shape index (κ2) is 7.61. The normalized spacial score (nSPS) is 20.0. The number of rotatable bonds is 4. The lowest BCUT2D eigenvalue weighted by Gasteiger charge is -2.28. The molecule has 25 heavy (non-hydrogen) atoms. The van der Waals surface area contributed by atoms with Gasteiger partial charge in [0.15, 0.2) is 0 Å². The lowest BCUT2D eigenvalue weighted by molar-refractivity contribution is 0.328. The van der Waals surface area contributed by atoms with Gasteiger partial charge < -0.3 is 0 Å². The Morgan fingerprint density at radius 2 is 1.60 bits per heavy atom. The van der Waals surface area contributed by atoms with Crippen molar-refractivity contribution in [3.63, 3.8) is 0 Å². The van der Waals surface area contributed by atoms with E-state index in [0.29, 0.717) is 11.5 Å². The maximum Gasteiger partial charge on any atom is 0.144 e. The third-order valence-electron chi connectivity index (χ3n) is 5.22. The number of hydrogen-bond acceptors (Lipinski definition) is 1. The maximum absolute atomic E-state index is 13.8. The van der Waals surface area contributed by atoms with Gasteiger partial charge in [-0.1, -0.05) is 30.3 Å². The molecular weight excluding hydrogens is 316 g/mol. The maximum atomic E-state index is 13.8. The van der Waals surface area contributed by atoms with Crippen LogP contribution < -0.4 is 0 Å². The van der Waals surface area contributed by atoms with Gasteiger partial charge in [-0.25, -0.2) is 8.78 Å². The molecule has 0 heterocycles. The molecule has 0 unspecified atom stereocenters. The molecule has 2 aromatic rings. The summed E-state index contributed by atoms with van der Waals surface area (Å²) < 4.78 is 27.6. The molecule has 0 atom stereocenters. The average molecular weight is 337 g/mol. The van der Waals surface area contributed by atoms with Gasteiger partial charge in [0.25, 0.3) is 0 Å². The van der Waals surface area contributed by atoms with Crippen LogP contribution in [0.3, 0.4) is 0 Å². The van der Waals surface area contributed by atoms with E-state index in [1.54, 1.807) is 6.07 Å². The molecule has 1 nitrogen and oxygen atoms in total. The van der Waals surface area contributed by atoms with Crippen molar-refractivity contribution in [2.45, 2.75) is 38.0 Å². The van der Waals surface area contributed by atoms with E-state index in [-0.39, 0.29) is 0 Å². The van der Waals surface area contributed by atoms with Crippen LogP contribution in [-0.4, -0.2) is 0 Å². The van der Waals surface area contributed by atoms with E-state index in [4.69, 9.17) is 5.26 Å². The van der Waals surface area contributed by atoms with Crippen molar-refractivity contribution in [1.29, 1.82) is 5.26 Å². The molecule has 0 aliphatic heterocycles. The first kappa shape index (κ1) is 17.4. The highest BCUT2D eigenvalue weighted by molar-refractivity contribution is 5.65. The fourth-order valence-corrected chi connectivity index (χ4v) is 3.76. The van der Waals surface area contributed by atoms with E-state index in [0.717, 1.165) is 17.9 Å². The first-order chi connectivity index (χ1) is 12.1. The van der Waals surface area contributed by atoms with Crippen LogP contribution in [0, 0.1) is 28.9 Å². The molecular formula is C22H21F2N. The number of benzene rings is 2. The minimum atomic E-state index is -0.817. The minimum absolute atomic E-state index is 0.454. The topological polar surface area (TPSA) is 23.8 Å². The van der Waals surface area contributed by atoms with Crippen molar-refractivity contribution in [2.75, 3.05) is 0 Å². The Kier molecular flexibility index (Phi) is 5.28. The second-order valence-corrected chi connectivity index (χ2v) is 6.79. The Balaban J connectivity index is 1.75. The third-order valence-corrected chi connectivity index (χ3v) is 5.22. The molecule has 0 N–H and O–H groups in total. The van der Waals surface area contributed by atoms with Gasteiger partial charge >= 0.3 is 0 Å². The first-order valence-corrected chi connectivity index (χ1v) is 8.72. The lowest BCUT2D eigenvalue weighted by atomic mass is 9.77. The highest BCUT2D eigenvalue weighted by atomic mass is 19.1. The fraction of sp³-hybridized carbons (Fsp3) is 0.318. The number of halogens is 2. The molecule has 128 valence electrons. The minimum Gasteiger partial charge on any atom is -0.205 e. The van der Waals surface area contributed by atoms with E-state index >= 15 is 0 Å². The van der Waals surface area contributed by atoms with Crippen molar-refractivity contribution >= 4 is 0 Å². The molecule has 1 fully saturated rings. The fourth-order valence-electron chi connectivity index (χ4n) is 3.76. The molecule has 1 aliphatic carbocycles. The van der Waals surface area contributed by atoms with Crippen LogP contribution >= 0.6 is 0 Å². The van der Waals surface area contributed by atoms with Crippen LogP contribution in [0.2, 0.25) is 0 Å². The summed E-state index contributed by atoms with van der Waals surface area (Å²) in [6, 6.07) is 11.9. The third kappa shape index (κ3) is 3.79. The highest BCUT2D eigenvalue weighted by Crippen LogP contribution is 2.37. The largest absolute Gasteiger partial charge is 0.205 e. The zero-order valence-electron chi connectivity index (χ0n) is 14.1. The predicted octanol–water partition coefficient (Wildman–Crippen LogP) is 6.35. The van der Waals surface area contributed by atoms with Gasteiger partial charge in [0.2, 0.25) is 0 Å². The molecule has 0 amide bonds. The van der Waals surface area contributed by atoms with Crippen molar-refractivity contribution in [2.24, 2.45) is 5.92 Å². The summed E-state index contributed by atoms with van der Waals surface area (Å²) in [6.45, 7) is 3.82. The first-order valence-electron chi connectivity index (χ1n) is 8.72. The lowest BCUT2D eigenvalue weighted by Crippen LogP contribution is -2.12. The van der Waals surface area contributed by atoms with E-state index in [1.165, 1.54) is 43.4 Å². The van der Waals surface area contributed by atoms with Crippen LogP contribution in [0.15, 0.2) is 49.1 Å². The van der Waals surface area contributed by atoms with Gasteiger partial charge in [0.1, 0.15) is 23.3 Å². The summed E-state index contributed by atoms with van der Waals surface area (Å²) in [5, 5.41) is 8.76. The van der Waals surface area contributed by atoms with Crippen LogP contribution in [0.5, 0.6) is 0 Å². The summed E-state index contributed by atoms with van der Waals surface area (Å²) in [5.74, 6) is -0.314. The van der Waals surface area contributed by atoms with Gasteiger partial charge in [-0.05, 0) is 72.8 Å². The van der Waals surface area contributed by atoms with Crippen molar-refractivity contribution in [3.05, 3.63) is 71.8 Å². The Hall–Kier alpha value is -2.47. The highest BCUT2D eigenvalue weighted by Gasteiger charge is 2.21. The molecule has 3 heteroatoms. The Labute approximate surface area is 147 Å². The smallest absolute Gasteiger partial charge is 0.144 e. The van der Waals surface area contributed by atoms with E-state index in [1.807, 2.05) is 18.2 Å². The van der Waals surface area contributed by atoms with E-state index in [9.17, 15) is 8.78 Å². The SMILES string of the molecule is C=CC[C@H]1CC[C@H](c2ccc(-c3cc(F)c(C#N)c(F)c3)cc2)CC1. The van der Waals surface area contributed by atoms with Crippen LogP contribution in [-0.2, 0) is 0 Å². The molecule has 0 saturated heterocycles. The van der Waals surface area contributed by atoms with Gasteiger partial charge in [0.05, 0.1) is 0 Å². The Morgan fingerprint density at radius 1 is 1.00 bits per heavy atom. The summed E-state index contributed by atoms with van der Waals surface area (Å²) in [6.07, 6.45) is 7.92. The molecule has 2 aromatic carbocycles. The zero-order valence-corrected chi connectivity index (χ0v) is 14.1. The monoisotopic (exact) mass is 337 g/mol. The molecule has 1 aliphatic rings. The van der Waals surface area contributed by atoms with Gasteiger partial charge in [-0.15, -0.1) is 6.58 Å². The number of nitriles is 1. The molecule has 0 radical (unpaired) electrons. The summed E-state index contributed by atoms with van der Waals surface area (Å²) in [5.41, 5.74) is 1.97. The summed E-state index contributed by atoms with van der Waals surface area (Å²) >= 11 is 0. The molecule has 0 aromatic heterocycles. The van der Waals surface area contributed by atoms with Crippen LogP contribution in [0.1, 0.15) is 49.1 Å². The van der Waals surface area contributed by atoms with Crippen LogP contribution in [0.4, 0.5) is 8.78 Å². The Morgan fingerprint density at radius 3 is 2.12 bits per heavy atom. The average Bonchev–Trinajstić information content (AvgIpc) is 2.62. The second-order valence-electron chi connectivity index (χ2n) is 6.79.